The van der Waals surface area contributed by atoms with Crippen molar-refractivity contribution >= 4 is 64.8 Å². The van der Waals surface area contributed by atoms with Crippen LogP contribution in [0.2, 0.25) is 20.1 Å². The van der Waals surface area contributed by atoms with E-state index in [1.165, 1.54) is 0 Å². The van der Waals surface area contributed by atoms with Crippen LogP contribution >= 0.6 is 46.4 Å². The molecular formula is C43H42Cl4N10O5. The van der Waals surface area contributed by atoms with Crippen LogP contribution in [-0.4, -0.2) is 118 Å². The maximum absolute atomic E-state index is 10.7. The van der Waals surface area contributed by atoms with Gasteiger partial charge in [-0.3, -0.25) is 4.79 Å². The lowest BCUT2D eigenvalue weighted by Gasteiger charge is -2.32. The van der Waals surface area contributed by atoms with Crippen LogP contribution in [0.25, 0.3) is 22.5 Å². The molecule has 1 N–H and O–H groups in total. The van der Waals surface area contributed by atoms with Gasteiger partial charge in [0.25, 0.3) is 6.47 Å². The summed E-state index contributed by atoms with van der Waals surface area (Å²) in [5, 5.41) is 11.6. The van der Waals surface area contributed by atoms with Crippen molar-refractivity contribution in [1.82, 2.24) is 39.7 Å². The van der Waals surface area contributed by atoms with E-state index in [0.717, 1.165) is 57.9 Å². The fraction of sp³-hybridized carbons (Fsp3) is 0.279. The van der Waals surface area contributed by atoms with Crippen molar-refractivity contribution in [2.24, 2.45) is 0 Å². The number of hydrogen-bond donors (Lipinski definition) is 1. The highest BCUT2D eigenvalue weighted by molar-refractivity contribution is 6.35. The van der Waals surface area contributed by atoms with Gasteiger partial charge in [0.1, 0.15) is 6.61 Å². The number of carbonyl (C=O) groups is 1. The number of aromatic nitrogens is 6. The number of nitrogens with zero attached hydrogens (tertiary/aromatic N) is 10. The molecule has 0 bridgehead atoms. The molecule has 0 unspecified atom stereocenters. The number of ether oxygens (including phenoxy) is 3. The quantitative estimate of drug-likeness (QED) is 0.118. The third-order valence-corrected chi connectivity index (χ3v) is 10.7. The van der Waals surface area contributed by atoms with E-state index in [4.69, 9.17) is 60.6 Å². The minimum Gasteiger partial charge on any atom is -0.463 e. The van der Waals surface area contributed by atoms with E-state index in [-0.39, 0.29) is 13.2 Å². The van der Waals surface area contributed by atoms with Gasteiger partial charge in [0, 0.05) is 95.7 Å². The Bertz CT molecular complexity index is 2410. The Balaban J connectivity index is 0.000000187. The van der Waals surface area contributed by atoms with Gasteiger partial charge in [0.05, 0.1) is 42.8 Å². The van der Waals surface area contributed by atoms with Crippen molar-refractivity contribution in [1.29, 1.82) is 0 Å². The molecule has 4 aromatic heterocycles. The number of carbonyl (C=O) groups excluding carboxylic acids is 1. The van der Waals surface area contributed by atoms with Crippen molar-refractivity contribution < 1.29 is 24.1 Å². The molecule has 19 heteroatoms. The molecule has 0 amide bonds. The number of piperazine rings is 2. The van der Waals surface area contributed by atoms with Crippen molar-refractivity contribution in [3.8, 4) is 45.8 Å². The zero-order valence-corrected chi connectivity index (χ0v) is 36.8. The number of hydrogen-bond acceptors (Lipinski definition) is 15. The van der Waals surface area contributed by atoms with Crippen molar-refractivity contribution in [2.75, 3.05) is 76.3 Å². The highest BCUT2D eigenvalue weighted by atomic mass is 35.5. The average molecular weight is 921 g/mol. The molecule has 8 rings (SSSR count). The summed E-state index contributed by atoms with van der Waals surface area (Å²) in [5.41, 5.74) is 3.96. The molecule has 6 heterocycles. The van der Waals surface area contributed by atoms with Gasteiger partial charge in [-0.05, 0) is 73.8 Å². The lowest BCUT2D eigenvalue weighted by molar-refractivity contribution is -0.129. The molecule has 0 aliphatic carbocycles. The number of aliphatic hydroxyl groups excluding tert-OH is 1. The molecule has 6 aromatic rings. The standard InChI is InChI=1S/C22H21Cl2N5O3.C21H21Cl2N5O2/c1-28-2-4-29(5-3-28)22-25-11-19(12-26-22)32-21-7-15(13-31-14-30)6-20(27-21)16-8-17(23)10-18(24)9-16;1-27-2-4-28(5-3-27)21-24-11-18(12-25-21)30-20-7-14(13-29)6-19(26-20)15-8-16(22)10-17(23)9-15/h6-12,14H,2-5,13H2,1H3;6-12,29H,2-5,13H2,1H3. The van der Waals surface area contributed by atoms with Gasteiger partial charge in [-0.15, -0.1) is 0 Å². The topological polar surface area (TPSA) is 155 Å². The highest BCUT2D eigenvalue weighted by Gasteiger charge is 2.19. The first-order valence-electron chi connectivity index (χ1n) is 19.5. The second-order valence-electron chi connectivity index (χ2n) is 14.5. The second kappa shape index (κ2) is 21.1. The van der Waals surface area contributed by atoms with Crippen LogP contribution in [0, 0.1) is 0 Å². The summed E-state index contributed by atoms with van der Waals surface area (Å²) in [5.74, 6) is 2.88. The van der Waals surface area contributed by atoms with Crippen molar-refractivity contribution in [3.63, 3.8) is 0 Å². The number of halogens is 4. The van der Waals surface area contributed by atoms with Gasteiger partial charge < -0.3 is 38.9 Å². The van der Waals surface area contributed by atoms with E-state index in [2.05, 4.69) is 63.6 Å². The first-order chi connectivity index (χ1) is 30.0. The van der Waals surface area contributed by atoms with Crippen LogP contribution in [0.3, 0.4) is 0 Å². The van der Waals surface area contributed by atoms with Crippen molar-refractivity contribution in [3.05, 3.63) is 117 Å². The third-order valence-electron chi connectivity index (χ3n) is 9.79. The zero-order valence-electron chi connectivity index (χ0n) is 33.8. The van der Waals surface area contributed by atoms with Gasteiger partial charge in [0.2, 0.25) is 23.7 Å². The summed E-state index contributed by atoms with van der Waals surface area (Å²) in [6.45, 7) is 7.75. The van der Waals surface area contributed by atoms with Crippen LogP contribution in [0.4, 0.5) is 11.9 Å². The Kier molecular flexibility index (Phi) is 15.2. The molecule has 0 spiro atoms. The molecule has 0 saturated carbocycles. The molecule has 62 heavy (non-hydrogen) atoms. The lowest BCUT2D eigenvalue weighted by atomic mass is 10.1. The van der Waals surface area contributed by atoms with Crippen LogP contribution < -0.4 is 19.3 Å². The Morgan fingerprint density at radius 2 is 0.952 bits per heavy atom. The van der Waals surface area contributed by atoms with E-state index in [9.17, 15) is 9.90 Å². The Hall–Kier alpha value is -5.39. The third kappa shape index (κ3) is 12.4. The minimum atomic E-state index is -0.154. The predicted octanol–water partition coefficient (Wildman–Crippen LogP) is 7.94. The Morgan fingerprint density at radius 1 is 0.565 bits per heavy atom. The Morgan fingerprint density at radius 3 is 1.34 bits per heavy atom. The summed E-state index contributed by atoms with van der Waals surface area (Å²) in [6, 6.07) is 17.2. The first-order valence-corrected chi connectivity index (χ1v) is 21.0. The normalized spacial score (nSPS) is 14.5. The van der Waals surface area contributed by atoms with E-state index in [1.54, 1.807) is 85.5 Å². The number of likely N-dealkylation sites (N-methyl/N-ethyl adjacent to an activating group) is 2. The summed E-state index contributed by atoms with van der Waals surface area (Å²) in [4.78, 5) is 46.3. The number of aliphatic hydroxyl groups is 1. The molecule has 2 aromatic carbocycles. The summed E-state index contributed by atoms with van der Waals surface area (Å²) < 4.78 is 16.7. The highest BCUT2D eigenvalue weighted by Crippen LogP contribution is 2.32. The average Bonchev–Trinajstić information content (AvgIpc) is 3.26. The monoisotopic (exact) mass is 918 g/mol. The number of anilines is 2. The van der Waals surface area contributed by atoms with Crippen LogP contribution in [-0.2, 0) is 22.7 Å². The summed E-state index contributed by atoms with van der Waals surface area (Å²) >= 11 is 24.5. The van der Waals surface area contributed by atoms with Crippen molar-refractivity contribution in [2.45, 2.75) is 13.2 Å². The van der Waals surface area contributed by atoms with Crippen LogP contribution in [0.5, 0.6) is 23.3 Å². The molecule has 2 saturated heterocycles. The lowest BCUT2D eigenvalue weighted by Crippen LogP contribution is -2.45. The van der Waals surface area contributed by atoms with Crippen LogP contribution in [0.15, 0.2) is 85.5 Å². The minimum absolute atomic E-state index is 0.0719. The fourth-order valence-corrected chi connectivity index (χ4v) is 7.58. The number of benzene rings is 2. The Labute approximate surface area is 378 Å². The molecule has 0 radical (unpaired) electrons. The zero-order chi connectivity index (χ0) is 43.6. The molecule has 2 fully saturated rings. The maximum Gasteiger partial charge on any atom is 0.293 e. The fourth-order valence-electron chi connectivity index (χ4n) is 6.53. The maximum atomic E-state index is 10.7. The van der Waals surface area contributed by atoms with Gasteiger partial charge in [-0.2, -0.15) is 0 Å². The van der Waals surface area contributed by atoms with Gasteiger partial charge in [0.15, 0.2) is 11.5 Å². The van der Waals surface area contributed by atoms with Crippen LogP contribution in [0.1, 0.15) is 11.1 Å². The van der Waals surface area contributed by atoms with Gasteiger partial charge in [-0.1, -0.05) is 46.4 Å². The van der Waals surface area contributed by atoms with E-state index >= 15 is 0 Å². The summed E-state index contributed by atoms with van der Waals surface area (Å²) in [7, 11) is 4.20. The molecule has 0 atom stereocenters. The molecule has 2 aliphatic rings. The smallest absolute Gasteiger partial charge is 0.293 e. The van der Waals surface area contributed by atoms with Gasteiger partial charge >= 0.3 is 0 Å². The molecular weight excluding hydrogens is 878 g/mol. The second-order valence-corrected chi connectivity index (χ2v) is 16.2. The van der Waals surface area contributed by atoms with E-state index in [0.29, 0.717) is 89.8 Å². The first kappa shape index (κ1) is 44.7. The summed E-state index contributed by atoms with van der Waals surface area (Å²) in [6.07, 6.45) is 6.49. The molecule has 322 valence electrons. The van der Waals surface area contributed by atoms with E-state index < -0.39 is 0 Å². The van der Waals surface area contributed by atoms with Gasteiger partial charge in [-0.25, -0.2) is 29.9 Å². The van der Waals surface area contributed by atoms with E-state index in [1.807, 2.05) is 0 Å². The largest absolute Gasteiger partial charge is 0.463 e. The molecule has 15 nitrogen and oxygen atoms in total. The predicted molar refractivity (Wildman–Crippen MR) is 240 cm³/mol. The number of rotatable bonds is 12. The number of pyridine rings is 2. The SMILES string of the molecule is CN1CCN(c2ncc(Oc3cc(CO)cc(-c4cc(Cl)cc(Cl)c4)n3)cn2)CC1.CN1CCN(c2ncc(Oc3cc(COC=O)cc(-c4cc(Cl)cc(Cl)c4)n3)cn2)CC1. The molecule has 2 aliphatic heterocycles.